The Balaban J connectivity index is 1.69. The molecule has 1 saturated heterocycles. The summed E-state index contributed by atoms with van der Waals surface area (Å²) in [6.07, 6.45) is 6.89. The van der Waals surface area contributed by atoms with Crippen molar-refractivity contribution in [1.82, 2.24) is 4.90 Å². The minimum absolute atomic E-state index is 0.131. The predicted octanol–water partition coefficient (Wildman–Crippen LogP) is 3.52. The molecule has 0 spiro atoms. The zero-order chi connectivity index (χ0) is 15.7. The van der Waals surface area contributed by atoms with Gasteiger partial charge in [-0.05, 0) is 36.8 Å². The first kappa shape index (κ1) is 15.6. The lowest BCUT2D eigenvalue weighted by molar-refractivity contribution is -0.136. The number of hydrogen-bond donors (Lipinski definition) is 1. The normalized spacial score (nSPS) is 29.0. The second kappa shape index (κ2) is 6.07. The van der Waals surface area contributed by atoms with Gasteiger partial charge in [-0.25, -0.2) is 0 Å². The van der Waals surface area contributed by atoms with Crippen LogP contribution in [0.5, 0.6) is 0 Å². The summed E-state index contributed by atoms with van der Waals surface area (Å²) >= 11 is 0. The Morgan fingerprint density at radius 1 is 1.45 bits per heavy atom. The largest absolute Gasteiger partial charge is 0.467 e. The lowest BCUT2D eigenvalue weighted by Gasteiger charge is -2.32. The van der Waals surface area contributed by atoms with Crippen LogP contribution in [0.4, 0.5) is 0 Å². The molecule has 1 aliphatic carbocycles. The molecule has 1 aliphatic heterocycles. The molecule has 1 amide bonds. The Hall–Kier alpha value is -1.29. The smallest absolute Gasteiger partial charge is 0.226 e. The van der Waals surface area contributed by atoms with Gasteiger partial charge >= 0.3 is 0 Å². The van der Waals surface area contributed by atoms with Gasteiger partial charge in [0.15, 0.2) is 0 Å². The number of furan rings is 1. The summed E-state index contributed by atoms with van der Waals surface area (Å²) in [5, 5.41) is 10.4. The molecule has 1 aromatic rings. The summed E-state index contributed by atoms with van der Waals surface area (Å²) < 4.78 is 5.30. The second-order valence-corrected chi connectivity index (χ2v) is 7.55. The van der Waals surface area contributed by atoms with Gasteiger partial charge in [-0.2, -0.15) is 0 Å². The predicted molar refractivity (Wildman–Crippen MR) is 84.1 cm³/mol. The van der Waals surface area contributed by atoms with Crippen molar-refractivity contribution < 1.29 is 14.3 Å². The van der Waals surface area contributed by atoms with Gasteiger partial charge in [-0.1, -0.05) is 26.7 Å². The topological polar surface area (TPSA) is 53.7 Å². The summed E-state index contributed by atoms with van der Waals surface area (Å²) in [5.41, 5.74) is 0.160. The van der Waals surface area contributed by atoms with Gasteiger partial charge < -0.3 is 14.4 Å². The fourth-order valence-corrected chi connectivity index (χ4v) is 3.66. The van der Waals surface area contributed by atoms with Crippen molar-refractivity contribution in [3.63, 3.8) is 0 Å². The molecule has 3 rings (SSSR count). The third-order valence-electron chi connectivity index (χ3n) is 5.34. The zero-order valence-corrected chi connectivity index (χ0v) is 13.6. The van der Waals surface area contributed by atoms with E-state index >= 15 is 0 Å². The maximum Gasteiger partial charge on any atom is 0.226 e. The second-order valence-electron chi connectivity index (χ2n) is 7.55. The molecule has 1 saturated carbocycles. The molecule has 3 unspecified atom stereocenters. The molecular formula is C18H27NO3. The fourth-order valence-electron chi connectivity index (χ4n) is 3.66. The SMILES string of the molecule is CC1(C)CC1C(=O)N1CCCCCC1CC(O)c1ccco1. The van der Waals surface area contributed by atoms with Crippen LogP contribution in [0.2, 0.25) is 0 Å². The van der Waals surface area contributed by atoms with E-state index in [-0.39, 0.29) is 17.4 Å². The Labute approximate surface area is 132 Å². The van der Waals surface area contributed by atoms with Gasteiger partial charge in [0.2, 0.25) is 5.91 Å². The maximum absolute atomic E-state index is 12.8. The third kappa shape index (κ3) is 3.22. The average Bonchev–Trinajstić information content (AvgIpc) is 2.91. The van der Waals surface area contributed by atoms with E-state index in [9.17, 15) is 9.90 Å². The first-order chi connectivity index (χ1) is 10.5. The van der Waals surface area contributed by atoms with Crippen molar-refractivity contribution in [3.05, 3.63) is 24.2 Å². The van der Waals surface area contributed by atoms with Crippen LogP contribution in [-0.4, -0.2) is 28.5 Å². The first-order valence-electron chi connectivity index (χ1n) is 8.51. The van der Waals surface area contributed by atoms with Crippen LogP contribution in [0, 0.1) is 11.3 Å². The average molecular weight is 305 g/mol. The Morgan fingerprint density at radius 3 is 2.86 bits per heavy atom. The van der Waals surface area contributed by atoms with Crippen LogP contribution in [0.3, 0.4) is 0 Å². The van der Waals surface area contributed by atoms with Crippen molar-refractivity contribution in [2.24, 2.45) is 11.3 Å². The van der Waals surface area contributed by atoms with Crippen LogP contribution < -0.4 is 0 Å². The van der Waals surface area contributed by atoms with Crippen LogP contribution in [0.25, 0.3) is 0 Å². The van der Waals surface area contributed by atoms with Gasteiger partial charge in [-0.3, -0.25) is 4.79 Å². The fraction of sp³-hybridized carbons (Fsp3) is 0.722. The lowest BCUT2D eigenvalue weighted by Crippen LogP contribution is -2.42. The van der Waals surface area contributed by atoms with Gasteiger partial charge in [0.25, 0.3) is 0 Å². The number of aliphatic hydroxyl groups is 1. The van der Waals surface area contributed by atoms with Crippen LogP contribution in [0.15, 0.2) is 22.8 Å². The Morgan fingerprint density at radius 2 is 2.23 bits per heavy atom. The summed E-state index contributed by atoms with van der Waals surface area (Å²) in [4.78, 5) is 14.9. The first-order valence-corrected chi connectivity index (χ1v) is 8.51. The number of rotatable bonds is 4. The van der Waals surface area contributed by atoms with E-state index in [0.29, 0.717) is 18.1 Å². The minimum Gasteiger partial charge on any atom is -0.467 e. The summed E-state index contributed by atoms with van der Waals surface area (Å²) in [5.74, 6) is 1.07. The molecule has 0 aromatic carbocycles. The molecule has 4 heteroatoms. The van der Waals surface area contributed by atoms with Gasteiger partial charge in [0, 0.05) is 24.9 Å². The summed E-state index contributed by atoms with van der Waals surface area (Å²) in [6, 6.07) is 3.73. The summed E-state index contributed by atoms with van der Waals surface area (Å²) in [6.45, 7) is 5.17. The van der Waals surface area contributed by atoms with E-state index < -0.39 is 6.10 Å². The van der Waals surface area contributed by atoms with E-state index in [1.165, 1.54) is 6.42 Å². The molecule has 0 radical (unpaired) electrons. The lowest BCUT2D eigenvalue weighted by atomic mass is 10.0. The molecule has 2 aliphatic rings. The highest BCUT2D eigenvalue weighted by Gasteiger charge is 2.52. The van der Waals surface area contributed by atoms with Crippen molar-refractivity contribution in [1.29, 1.82) is 0 Å². The van der Waals surface area contributed by atoms with Gasteiger partial charge in [0.1, 0.15) is 11.9 Å². The highest BCUT2D eigenvalue weighted by molar-refractivity contribution is 5.82. The number of carbonyl (C=O) groups is 1. The van der Waals surface area contributed by atoms with Crippen LogP contribution in [-0.2, 0) is 4.79 Å². The molecule has 0 bridgehead atoms. The highest BCUT2D eigenvalue weighted by Crippen LogP contribution is 2.53. The third-order valence-corrected chi connectivity index (χ3v) is 5.34. The molecule has 4 nitrogen and oxygen atoms in total. The van der Waals surface area contributed by atoms with Gasteiger partial charge in [0.05, 0.1) is 6.26 Å². The quantitative estimate of drug-likeness (QED) is 0.926. The molecular weight excluding hydrogens is 278 g/mol. The number of likely N-dealkylation sites (tertiary alicyclic amines) is 1. The molecule has 122 valence electrons. The Kier molecular flexibility index (Phi) is 4.31. The highest BCUT2D eigenvalue weighted by atomic mass is 16.4. The molecule has 1 N–H and O–H groups in total. The van der Waals surface area contributed by atoms with Crippen molar-refractivity contribution in [2.75, 3.05) is 6.54 Å². The number of aliphatic hydroxyl groups excluding tert-OH is 1. The van der Waals surface area contributed by atoms with Crippen LogP contribution in [0.1, 0.15) is 64.2 Å². The number of nitrogens with zero attached hydrogens (tertiary/aromatic N) is 1. The van der Waals surface area contributed by atoms with E-state index in [4.69, 9.17) is 4.42 Å². The standard InChI is InChI=1S/C18H27NO3/c1-18(2)12-14(18)17(21)19-9-5-3-4-7-13(19)11-15(20)16-8-6-10-22-16/h6,8,10,13-15,20H,3-5,7,9,11-12H2,1-2H3. The molecule has 1 aromatic heterocycles. The number of hydrogen-bond acceptors (Lipinski definition) is 3. The van der Waals surface area contributed by atoms with E-state index in [1.807, 2.05) is 0 Å². The number of amides is 1. The monoisotopic (exact) mass is 305 g/mol. The van der Waals surface area contributed by atoms with E-state index in [1.54, 1.807) is 18.4 Å². The van der Waals surface area contributed by atoms with Crippen molar-refractivity contribution >= 4 is 5.91 Å². The van der Waals surface area contributed by atoms with Gasteiger partial charge in [-0.15, -0.1) is 0 Å². The van der Waals surface area contributed by atoms with E-state index in [2.05, 4.69) is 18.7 Å². The zero-order valence-electron chi connectivity index (χ0n) is 13.6. The molecule has 3 atom stereocenters. The Bertz CT molecular complexity index is 508. The molecule has 2 fully saturated rings. The van der Waals surface area contributed by atoms with Crippen molar-refractivity contribution in [2.45, 2.75) is 64.5 Å². The summed E-state index contributed by atoms with van der Waals surface area (Å²) in [7, 11) is 0. The minimum atomic E-state index is -0.624. The van der Waals surface area contributed by atoms with Crippen molar-refractivity contribution in [3.8, 4) is 0 Å². The van der Waals surface area contributed by atoms with Crippen LogP contribution >= 0.6 is 0 Å². The number of carbonyl (C=O) groups excluding carboxylic acids is 1. The molecule has 2 heterocycles. The maximum atomic E-state index is 12.8. The molecule has 22 heavy (non-hydrogen) atoms. The van der Waals surface area contributed by atoms with E-state index in [0.717, 1.165) is 32.2 Å².